The molecule has 0 atom stereocenters. The lowest BCUT2D eigenvalue weighted by Gasteiger charge is -2.39. The molecule has 138 valence electrons. The van der Waals surface area contributed by atoms with Crippen LogP contribution in [0.4, 0.5) is 5.82 Å². The van der Waals surface area contributed by atoms with E-state index in [2.05, 4.69) is 29.7 Å². The van der Waals surface area contributed by atoms with Crippen LogP contribution in [0.25, 0.3) is 0 Å². The monoisotopic (exact) mass is 354 g/mol. The number of aryl methyl sites for hydroxylation is 1. The smallest absolute Gasteiger partial charge is 0.218 e. The average molecular weight is 354 g/mol. The molecule has 4 rings (SSSR count). The summed E-state index contributed by atoms with van der Waals surface area (Å²) in [6, 6.07) is 3.11. The molecule has 0 N–H and O–H groups in total. The van der Waals surface area contributed by atoms with E-state index in [1.54, 1.807) is 25.8 Å². The van der Waals surface area contributed by atoms with Crippen LogP contribution in [0.1, 0.15) is 37.1 Å². The normalized spacial score (nSPS) is 18.7. The maximum absolute atomic E-state index is 5.29. The van der Waals surface area contributed by atoms with Gasteiger partial charge in [0, 0.05) is 50.2 Å². The molecule has 2 fully saturated rings. The topological polar surface area (TPSA) is 67.3 Å². The number of aromatic nitrogens is 4. The van der Waals surface area contributed by atoms with Gasteiger partial charge in [0.15, 0.2) is 0 Å². The van der Waals surface area contributed by atoms with Gasteiger partial charge in [-0.05, 0) is 32.6 Å². The number of methoxy groups -OCH3 is 1. The Labute approximate surface area is 154 Å². The van der Waals surface area contributed by atoms with Crippen molar-refractivity contribution in [2.24, 2.45) is 0 Å². The van der Waals surface area contributed by atoms with Gasteiger partial charge < -0.3 is 9.64 Å². The van der Waals surface area contributed by atoms with Gasteiger partial charge in [-0.3, -0.25) is 14.9 Å². The molecule has 1 aliphatic heterocycles. The standard InChI is InChI=1S/C19H26N6O/c1-14-17(21-8-7-20-14)12-24-9-5-16(6-10-24)25(15-3-4-15)18-11-19(26-2)23-13-22-18/h7-8,11,13,15-16H,3-6,9-10,12H2,1-2H3. The second-order valence-corrected chi connectivity index (χ2v) is 7.15. The molecular weight excluding hydrogens is 328 g/mol. The van der Waals surface area contributed by atoms with Crippen molar-refractivity contribution in [1.82, 2.24) is 24.8 Å². The number of piperidine rings is 1. The van der Waals surface area contributed by atoms with E-state index >= 15 is 0 Å². The van der Waals surface area contributed by atoms with Crippen molar-refractivity contribution in [3.05, 3.63) is 36.2 Å². The summed E-state index contributed by atoms with van der Waals surface area (Å²) in [6.07, 6.45) is 9.94. The van der Waals surface area contributed by atoms with Crippen LogP contribution >= 0.6 is 0 Å². The Balaban J connectivity index is 1.41. The van der Waals surface area contributed by atoms with E-state index in [1.807, 2.05) is 13.0 Å². The summed E-state index contributed by atoms with van der Waals surface area (Å²) in [5, 5.41) is 0. The third-order valence-electron chi connectivity index (χ3n) is 5.35. The van der Waals surface area contributed by atoms with E-state index in [-0.39, 0.29) is 0 Å². The Hall–Kier alpha value is -2.28. The fourth-order valence-electron chi connectivity index (χ4n) is 3.77. The summed E-state index contributed by atoms with van der Waals surface area (Å²) < 4.78 is 5.29. The van der Waals surface area contributed by atoms with Crippen molar-refractivity contribution < 1.29 is 4.74 Å². The molecule has 0 amide bonds. The second-order valence-electron chi connectivity index (χ2n) is 7.15. The summed E-state index contributed by atoms with van der Waals surface area (Å²) in [7, 11) is 1.65. The zero-order valence-corrected chi connectivity index (χ0v) is 15.5. The molecule has 1 saturated heterocycles. The minimum Gasteiger partial charge on any atom is -0.481 e. The summed E-state index contributed by atoms with van der Waals surface area (Å²) >= 11 is 0. The third kappa shape index (κ3) is 3.77. The molecule has 1 saturated carbocycles. The van der Waals surface area contributed by atoms with Gasteiger partial charge >= 0.3 is 0 Å². The fraction of sp³-hybridized carbons (Fsp3) is 0.579. The second kappa shape index (κ2) is 7.53. The highest BCUT2D eigenvalue weighted by molar-refractivity contribution is 5.45. The summed E-state index contributed by atoms with van der Waals surface area (Å²) in [5.74, 6) is 1.64. The SMILES string of the molecule is COc1cc(N(C2CC2)C2CCN(Cc3nccnc3C)CC2)ncn1. The minimum absolute atomic E-state index is 0.529. The lowest BCUT2D eigenvalue weighted by Crippen LogP contribution is -2.46. The van der Waals surface area contributed by atoms with Crippen molar-refractivity contribution in [3.63, 3.8) is 0 Å². The first-order valence-corrected chi connectivity index (χ1v) is 9.38. The van der Waals surface area contributed by atoms with Gasteiger partial charge in [0.2, 0.25) is 5.88 Å². The first-order chi connectivity index (χ1) is 12.7. The molecule has 0 bridgehead atoms. The lowest BCUT2D eigenvalue weighted by atomic mass is 10.0. The molecule has 2 aromatic heterocycles. The average Bonchev–Trinajstić information content (AvgIpc) is 3.50. The van der Waals surface area contributed by atoms with Gasteiger partial charge in [0.1, 0.15) is 12.1 Å². The number of nitrogens with zero attached hydrogens (tertiary/aromatic N) is 6. The van der Waals surface area contributed by atoms with E-state index in [4.69, 9.17) is 4.74 Å². The molecule has 0 unspecified atom stereocenters. The molecule has 3 heterocycles. The van der Waals surface area contributed by atoms with Crippen LogP contribution < -0.4 is 9.64 Å². The van der Waals surface area contributed by atoms with Gasteiger partial charge in [0.25, 0.3) is 0 Å². The van der Waals surface area contributed by atoms with Gasteiger partial charge in [-0.1, -0.05) is 0 Å². The van der Waals surface area contributed by atoms with Crippen LogP contribution in [-0.4, -0.2) is 57.1 Å². The Morgan fingerprint density at radius 3 is 2.46 bits per heavy atom. The fourth-order valence-corrected chi connectivity index (χ4v) is 3.77. The Morgan fingerprint density at radius 2 is 1.77 bits per heavy atom. The van der Waals surface area contributed by atoms with E-state index in [0.717, 1.165) is 49.7 Å². The van der Waals surface area contributed by atoms with Gasteiger partial charge in [-0.2, -0.15) is 0 Å². The Kier molecular flexibility index (Phi) is 4.97. The highest BCUT2D eigenvalue weighted by atomic mass is 16.5. The minimum atomic E-state index is 0.529. The highest BCUT2D eigenvalue weighted by Crippen LogP contribution is 2.36. The Morgan fingerprint density at radius 1 is 1.04 bits per heavy atom. The molecule has 2 aromatic rings. The van der Waals surface area contributed by atoms with Crippen molar-refractivity contribution in [2.75, 3.05) is 25.1 Å². The largest absolute Gasteiger partial charge is 0.481 e. The third-order valence-corrected chi connectivity index (χ3v) is 5.35. The molecule has 0 spiro atoms. The number of hydrogen-bond donors (Lipinski definition) is 0. The molecular formula is C19H26N6O. The van der Waals surface area contributed by atoms with Crippen molar-refractivity contribution in [2.45, 2.75) is 51.2 Å². The lowest BCUT2D eigenvalue weighted by molar-refractivity contribution is 0.198. The molecule has 0 aromatic carbocycles. The van der Waals surface area contributed by atoms with Crippen molar-refractivity contribution in [1.29, 1.82) is 0 Å². The van der Waals surface area contributed by atoms with Crippen LogP contribution in [-0.2, 0) is 6.54 Å². The summed E-state index contributed by atoms with van der Waals surface area (Å²) in [5.41, 5.74) is 2.12. The number of likely N-dealkylation sites (tertiary alicyclic amines) is 1. The molecule has 2 aliphatic rings. The maximum atomic E-state index is 5.29. The van der Waals surface area contributed by atoms with E-state index in [1.165, 1.54) is 12.8 Å². The van der Waals surface area contributed by atoms with Crippen LogP contribution in [0.15, 0.2) is 24.8 Å². The maximum Gasteiger partial charge on any atom is 0.218 e. The van der Waals surface area contributed by atoms with Gasteiger partial charge in [0.05, 0.1) is 18.5 Å². The molecule has 7 nitrogen and oxygen atoms in total. The van der Waals surface area contributed by atoms with E-state index < -0.39 is 0 Å². The zero-order chi connectivity index (χ0) is 17.9. The van der Waals surface area contributed by atoms with Crippen LogP contribution in [0.2, 0.25) is 0 Å². The van der Waals surface area contributed by atoms with Crippen LogP contribution in [0.5, 0.6) is 5.88 Å². The summed E-state index contributed by atoms with van der Waals surface area (Å²) in [6.45, 7) is 5.07. The Bertz CT molecular complexity index is 742. The van der Waals surface area contributed by atoms with Gasteiger partial charge in [-0.25, -0.2) is 9.97 Å². The molecule has 0 radical (unpaired) electrons. The molecule has 26 heavy (non-hydrogen) atoms. The highest BCUT2D eigenvalue weighted by Gasteiger charge is 2.36. The predicted molar refractivity (Wildman–Crippen MR) is 99.2 cm³/mol. The number of rotatable bonds is 6. The van der Waals surface area contributed by atoms with Crippen LogP contribution in [0, 0.1) is 6.92 Å². The first kappa shape index (κ1) is 17.1. The number of anilines is 1. The number of hydrogen-bond acceptors (Lipinski definition) is 7. The van der Waals surface area contributed by atoms with Crippen molar-refractivity contribution >= 4 is 5.82 Å². The summed E-state index contributed by atoms with van der Waals surface area (Å²) in [4.78, 5) is 22.5. The molecule has 7 heteroatoms. The van der Waals surface area contributed by atoms with Crippen LogP contribution in [0.3, 0.4) is 0 Å². The van der Waals surface area contributed by atoms with E-state index in [9.17, 15) is 0 Å². The predicted octanol–water partition coefficient (Wildman–Crippen LogP) is 2.22. The molecule has 1 aliphatic carbocycles. The van der Waals surface area contributed by atoms with E-state index in [0.29, 0.717) is 18.0 Å². The van der Waals surface area contributed by atoms with Gasteiger partial charge in [-0.15, -0.1) is 0 Å². The quantitative estimate of drug-likeness (QED) is 0.788. The first-order valence-electron chi connectivity index (χ1n) is 9.38. The zero-order valence-electron chi connectivity index (χ0n) is 15.5. The van der Waals surface area contributed by atoms with Crippen molar-refractivity contribution in [3.8, 4) is 5.88 Å². The number of ether oxygens (including phenoxy) is 1.